The summed E-state index contributed by atoms with van der Waals surface area (Å²) in [5.74, 6) is 0.170. The van der Waals surface area contributed by atoms with Gasteiger partial charge in [0.1, 0.15) is 17.9 Å². The molecule has 0 bridgehead atoms. The molecule has 3 amide bonds. The topological polar surface area (TPSA) is 103 Å². The van der Waals surface area contributed by atoms with E-state index in [-0.39, 0.29) is 24.3 Å². The van der Waals surface area contributed by atoms with E-state index in [0.29, 0.717) is 41.1 Å². The van der Waals surface area contributed by atoms with Crippen LogP contribution in [0.1, 0.15) is 65.1 Å². The molecule has 8 nitrogen and oxygen atoms in total. The first-order valence-corrected chi connectivity index (χ1v) is 13.2. The summed E-state index contributed by atoms with van der Waals surface area (Å²) in [6.45, 7) is 2.11. The Kier molecular flexibility index (Phi) is 6.13. The lowest BCUT2D eigenvalue weighted by atomic mass is 9.86. The Bertz CT molecular complexity index is 1330. The predicted octanol–water partition coefficient (Wildman–Crippen LogP) is 3.37. The fourth-order valence-corrected chi connectivity index (χ4v) is 6.39. The average molecular weight is 519 g/mol. The average Bonchev–Trinajstić information content (AvgIpc) is 3.43. The van der Waals surface area contributed by atoms with Crippen LogP contribution >= 0.6 is 11.6 Å². The Morgan fingerprint density at radius 3 is 2.68 bits per heavy atom. The predicted molar refractivity (Wildman–Crippen MR) is 135 cm³/mol. The van der Waals surface area contributed by atoms with Gasteiger partial charge in [0.25, 0.3) is 5.91 Å². The number of nitrogens with zero attached hydrogens (tertiary/aromatic N) is 3. The number of amides is 3. The molecular formula is C28H27ClN4O4. The maximum atomic E-state index is 13.0. The van der Waals surface area contributed by atoms with E-state index in [9.17, 15) is 19.6 Å². The van der Waals surface area contributed by atoms with Crippen LogP contribution in [0.3, 0.4) is 0 Å². The van der Waals surface area contributed by atoms with E-state index in [1.807, 2.05) is 24.3 Å². The number of imide groups is 1. The van der Waals surface area contributed by atoms with E-state index in [1.165, 1.54) is 0 Å². The van der Waals surface area contributed by atoms with Crippen molar-refractivity contribution in [3.05, 3.63) is 63.7 Å². The molecule has 1 saturated carbocycles. The molecule has 9 heteroatoms. The number of piperidine rings is 1. The van der Waals surface area contributed by atoms with Crippen molar-refractivity contribution in [2.24, 2.45) is 0 Å². The van der Waals surface area contributed by atoms with Gasteiger partial charge in [0.2, 0.25) is 11.8 Å². The van der Waals surface area contributed by atoms with Gasteiger partial charge in [-0.3, -0.25) is 24.6 Å². The van der Waals surface area contributed by atoms with Crippen LogP contribution in [-0.4, -0.2) is 58.8 Å². The Morgan fingerprint density at radius 1 is 1.05 bits per heavy atom. The Morgan fingerprint density at radius 2 is 1.89 bits per heavy atom. The van der Waals surface area contributed by atoms with Crippen LogP contribution in [0.4, 0.5) is 0 Å². The number of rotatable bonds is 5. The quantitative estimate of drug-likeness (QED) is 0.609. The maximum Gasteiger partial charge on any atom is 0.255 e. The minimum absolute atomic E-state index is 0.0583. The number of ether oxygens (including phenoxy) is 1. The summed E-state index contributed by atoms with van der Waals surface area (Å²) in [6, 6.07) is 13.1. The van der Waals surface area contributed by atoms with Crippen LogP contribution in [0.2, 0.25) is 5.02 Å². The number of likely N-dealkylation sites (tertiary alicyclic amines) is 1. The molecular weight excluding hydrogens is 492 g/mol. The third-order valence-electron chi connectivity index (χ3n) is 8.15. The highest BCUT2D eigenvalue weighted by molar-refractivity contribution is 6.30. The molecule has 4 aliphatic rings. The molecule has 2 aromatic carbocycles. The van der Waals surface area contributed by atoms with Crippen LogP contribution in [0, 0.1) is 11.3 Å². The highest BCUT2D eigenvalue weighted by Crippen LogP contribution is 2.38. The monoisotopic (exact) mass is 518 g/mol. The molecule has 3 fully saturated rings. The van der Waals surface area contributed by atoms with E-state index in [1.54, 1.807) is 17.0 Å². The molecule has 1 aliphatic carbocycles. The summed E-state index contributed by atoms with van der Waals surface area (Å²) in [4.78, 5) is 40.8. The van der Waals surface area contributed by atoms with Gasteiger partial charge >= 0.3 is 0 Å². The Hall–Kier alpha value is -3.41. The number of hydrogen-bond acceptors (Lipinski definition) is 6. The molecule has 3 atom stereocenters. The van der Waals surface area contributed by atoms with Gasteiger partial charge in [-0.25, -0.2) is 0 Å². The number of benzene rings is 2. The molecule has 0 aromatic heterocycles. The van der Waals surface area contributed by atoms with Crippen molar-refractivity contribution in [3.8, 4) is 11.8 Å². The third-order valence-corrected chi connectivity index (χ3v) is 8.39. The molecule has 190 valence electrons. The third kappa shape index (κ3) is 4.36. The Balaban J connectivity index is 1.11. The molecule has 3 aliphatic heterocycles. The molecule has 6 rings (SSSR count). The number of fused-ring (bicyclic) bond motifs is 1. The van der Waals surface area contributed by atoms with Crippen molar-refractivity contribution in [1.29, 1.82) is 5.26 Å². The second-order valence-electron chi connectivity index (χ2n) is 10.4. The van der Waals surface area contributed by atoms with Crippen molar-refractivity contribution in [2.75, 3.05) is 13.1 Å². The molecule has 2 saturated heterocycles. The number of carbonyl (C=O) groups is 3. The Labute approximate surface area is 220 Å². The standard InChI is InChI=1S/C28H27ClN4O4/c29-19-4-6-21(16(10-19)12-30)18-13-32(14-18)23-2-1-3-25(23)37-20-5-7-22-17(11-20)15-33(28(22)36)24-8-9-26(34)31-27(24)35/h4-7,10-11,18,23-25H,1-3,8-9,13-15H2,(H,31,34,35)/t23-,24?,25-/m0/s1. The van der Waals surface area contributed by atoms with E-state index >= 15 is 0 Å². The summed E-state index contributed by atoms with van der Waals surface area (Å²) in [5, 5.41) is 12.4. The lowest BCUT2D eigenvalue weighted by Gasteiger charge is -2.45. The second kappa shape index (κ2) is 9.47. The van der Waals surface area contributed by atoms with Gasteiger partial charge < -0.3 is 9.64 Å². The largest absolute Gasteiger partial charge is 0.489 e. The zero-order valence-electron chi connectivity index (χ0n) is 20.3. The minimum Gasteiger partial charge on any atom is -0.489 e. The van der Waals surface area contributed by atoms with Crippen molar-refractivity contribution in [2.45, 2.75) is 62.8 Å². The lowest BCUT2D eigenvalue weighted by Crippen LogP contribution is -2.54. The number of nitriles is 1. The SMILES string of the molecule is N#Cc1cc(Cl)ccc1C1CN([C@H]2CCC[C@@H]2Oc2ccc3c(c2)CN(C2CCC(=O)NC2=O)C3=O)C1. The number of carbonyl (C=O) groups excluding carboxylic acids is 3. The normalized spacial score (nSPS) is 26.0. The van der Waals surface area contributed by atoms with Crippen LogP contribution < -0.4 is 10.1 Å². The minimum atomic E-state index is -0.622. The highest BCUT2D eigenvalue weighted by Gasteiger charge is 2.42. The number of nitrogens with one attached hydrogen (secondary N) is 1. The molecule has 1 N–H and O–H groups in total. The van der Waals surface area contributed by atoms with E-state index in [0.717, 1.165) is 49.2 Å². The molecule has 0 radical (unpaired) electrons. The van der Waals surface area contributed by atoms with Crippen LogP contribution in [-0.2, 0) is 16.1 Å². The van der Waals surface area contributed by atoms with E-state index in [4.69, 9.17) is 16.3 Å². The van der Waals surface area contributed by atoms with Crippen LogP contribution in [0.25, 0.3) is 0 Å². The van der Waals surface area contributed by atoms with Gasteiger partial charge in [-0.05, 0) is 67.1 Å². The molecule has 1 unspecified atom stereocenters. The second-order valence-corrected chi connectivity index (χ2v) is 10.8. The number of halogens is 1. The van der Waals surface area contributed by atoms with Crippen molar-refractivity contribution >= 4 is 29.3 Å². The van der Waals surface area contributed by atoms with Crippen LogP contribution in [0.5, 0.6) is 5.75 Å². The van der Waals surface area contributed by atoms with Gasteiger partial charge in [-0.1, -0.05) is 17.7 Å². The van der Waals surface area contributed by atoms with Gasteiger partial charge in [0, 0.05) is 48.6 Å². The van der Waals surface area contributed by atoms with Crippen LogP contribution in [0.15, 0.2) is 36.4 Å². The van der Waals surface area contributed by atoms with Gasteiger partial charge in [0.15, 0.2) is 0 Å². The molecule has 2 aromatic rings. The van der Waals surface area contributed by atoms with Gasteiger partial charge in [-0.15, -0.1) is 0 Å². The molecule has 3 heterocycles. The van der Waals surface area contributed by atoms with Crippen molar-refractivity contribution < 1.29 is 19.1 Å². The summed E-state index contributed by atoms with van der Waals surface area (Å²) >= 11 is 6.06. The molecule has 37 heavy (non-hydrogen) atoms. The lowest BCUT2D eigenvalue weighted by molar-refractivity contribution is -0.136. The van der Waals surface area contributed by atoms with E-state index in [2.05, 4.69) is 16.3 Å². The number of hydrogen-bond donors (Lipinski definition) is 1. The highest BCUT2D eigenvalue weighted by atomic mass is 35.5. The van der Waals surface area contributed by atoms with E-state index < -0.39 is 11.9 Å². The first-order valence-electron chi connectivity index (χ1n) is 12.8. The summed E-state index contributed by atoms with van der Waals surface area (Å²) in [6.07, 6.45) is 3.77. The first-order chi connectivity index (χ1) is 17.9. The van der Waals surface area contributed by atoms with Crippen molar-refractivity contribution in [3.63, 3.8) is 0 Å². The molecule has 0 spiro atoms. The zero-order valence-corrected chi connectivity index (χ0v) is 21.0. The van der Waals surface area contributed by atoms with Gasteiger partial charge in [-0.2, -0.15) is 5.26 Å². The zero-order chi connectivity index (χ0) is 25.7. The summed E-state index contributed by atoms with van der Waals surface area (Å²) in [7, 11) is 0. The summed E-state index contributed by atoms with van der Waals surface area (Å²) in [5.41, 5.74) is 3.14. The fraction of sp³-hybridized carbons (Fsp3) is 0.429. The van der Waals surface area contributed by atoms with Crippen molar-refractivity contribution in [1.82, 2.24) is 15.1 Å². The smallest absolute Gasteiger partial charge is 0.255 e. The van der Waals surface area contributed by atoms with Gasteiger partial charge in [0.05, 0.1) is 11.6 Å². The first kappa shape index (κ1) is 24.0. The maximum absolute atomic E-state index is 13.0. The fourth-order valence-electron chi connectivity index (χ4n) is 6.22. The summed E-state index contributed by atoms with van der Waals surface area (Å²) < 4.78 is 6.46.